The summed E-state index contributed by atoms with van der Waals surface area (Å²) in [6.07, 6.45) is 1.54. The van der Waals surface area contributed by atoms with E-state index in [1.807, 2.05) is 4.42 Å². The van der Waals surface area contributed by atoms with Crippen molar-refractivity contribution in [2.24, 2.45) is 0 Å². The Hall–Kier alpha value is -0.250. The number of nitrogens with zero attached hydrogens (tertiary/aromatic N) is 1. The first kappa shape index (κ1) is 14.8. The van der Waals surface area contributed by atoms with Crippen molar-refractivity contribution in [2.45, 2.75) is 70.7 Å². The number of aliphatic hydroxyl groups is 1. The first-order chi connectivity index (χ1) is 7.59. The Kier molecular flexibility index (Phi) is 4.17. The zero-order valence-electron chi connectivity index (χ0n) is 11.5. The molecule has 0 bridgehead atoms. The molecule has 3 nitrogen and oxygen atoms in total. The van der Waals surface area contributed by atoms with E-state index in [1.54, 1.807) is 6.92 Å². The average Bonchev–Trinajstić information content (AvgIpc) is 2.20. The molecule has 0 saturated carbocycles. The van der Waals surface area contributed by atoms with Crippen molar-refractivity contribution in [1.29, 1.82) is 0 Å². The van der Waals surface area contributed by atoms with Gasteiger partial charge < -0.3 is 9.84 Å². The van der Waals surface area contributed by atoms with E-state index in [4.69, 9.17) is 16.5 Å². The summed E-state index contributed by atoms with van der Waals surface area (Å²) in [5.74, 6) is 0.0618. The maximum Gasteiger partial charge on any atom is 0.114 e. The standard InChI is InChI=1S/C13H24ClNO2/c1-9(16)10(2)17-11-7-8-12(3,4)15(14)13(11,5)6/h10-11,16H,1,7-8H2,2-6H3/t10-,11+/m1/s1. The molecule has 0 amide bonds. The van der Waals surface area contributed by atoms with Gasteiger partial charge in [0.25, 0.3) is 0 Å². The fraction of sp³-hybridized carbons (Fsp3) is 0.846. The molecule has 1 aliphatic heterocycles. The topological polar surface area (TPSA) is 32.7 Å². The Morgan fingerprint density at radius 2 is 2.00 bits per heavy atom. The van der Waals surface area contributed by atoms with Gasteiger partial charge in [0.1, 0.15) is 11.9 Å². The van der Waals surface area contributed by atoms with Crippen LogP contribution in [-0.4, -0.2) is 32.8 Å². The van der Waals surface area contributed by atoms with Gasteiger partial charge in [-0.3, -0.25) is 0 Å². The van der Waals surface area contributed by atoms with E-state index in [-0.39, 0.29) is 29.0 Å². The summed E-state index contributed by atoms with van der Waals surface area (Å²) in [6.45, 7) is 13.7. The van der Waals surface area contributed by atoms with E-state index in [0.717, 1.165) is 12.8 Å². The number of halogens is 1. The Balaban J connectivity index is 2.80. The van der Waals surface area contributed by atoms with Crippen molar-refractivity contribution in [1.82, 2.24) is 4.42 Å². The van der Waals surface area contributed by atoms with Crippen molar-refractivity contribution in [3.05, 3.63) is 12.3 Å². The molecule has 2 atom stereocenters. The summed E-state index contributed by atoms with van der Waals surface area (Å²) in [7, 11) is 0. The van der Waals surface area contributed by atoms with Crippen LogP contribution in [0.25, 0.3) is 0 Å². The van der Waals surface area contributed by atoms with Gasteiger partial charge in [-0.15, -0.1) is 0 Å². The van der Waals surface area contributed by atoms with Crippen molar-refractivity contribution < 1.29 is 9.84 Å². The van der Waals surface area contributed by atoms with E-state index in [1.165, 1.54) is 0 Å². The Labute approximate surface area is 110 Å². The molecule has 0 aromatic rings. The molecular weight excluding hydrogens is 238 g/mol. The lowest BCUT2D eigenvalue weighted by atomic mass is 9.80. The number of hydrogen-bond donors (Lipinski definition) is 1. The molecule has 100 valence electrons. The molecule has 1 N–H and O–H groups in total. The Morgan fingerprint density at radius 3 is 2.47 bits per heavy atom. The van der Waals surface area contributed by atoms with Gasteiger partial charge in [0.05, 0.1) is 11.6 Å². The third-order valence-corrected chi connectivity index (χ3v) is 4.57. The van der Waals surface area contributed by atoms with Crippen LogP contribution in [0, 0.1) is 0 Å². The fourth-order valence-corrected chi connectivity index (χ4v) is 2.60. The minimum atomic E-state index is -0.356. The molecule has 1 saturated heterocycles. The highest BCUT2D eigenvalue weighted by molar-refractivity contribution is 6.14. The second kappa shape index (κ2) is 4.79. The molecular formula is C13H24ClNO2. The lowest BCUT2D eigenvalue weighted by Crippen LogP contribution is -2.61. The van der Waals surface area contributed by atoms with Crippen LogP contribution in [-0.2, 0) is 4.74 Å². The summed E-state index contributed by atoms with van der Waals surface area (Å²) < 4.78 is 7.70. The number of piperidine rings is 1. The normalized spacial score (nSPS) is 29.9. The van der Waals surface area contributed by atoms with Gasteiger partial charge in [-0.2, -0.15) is 0 Å². The molecule has 1 rings (SSSR count). The lowest BCUT2D eigenvalue weighted by molar-refractivity contribution is -0.113. The van der Waals surface area contributed by atoms with Gasteiger partial charge in [-0.1, -0.05) is 6.58 Å². The van der Waals surface area contributed by atoms with Gasteiger partial charge in [0.2, 0.25) is 0 Å². The molecule has 0 unspecified atom stereocenters. The van der Waals surface area contributed by atoms with Gasteiger partial charge >= 0.3 is 0 Å². The van der Waals surface area contributed by atoms with Crippen LogP contribution in [0.3, 0.4) is 0 Å². The van der Waals surface area contributed by atoms with Crippen LogP contribution in [0.4, 0.5) is 0 Å². The van der Waals surface area contributed by atoms with E-state index >= 15 is 0 Å². The molecule has 1 fully saturated rings. The number of rotatable bonds is 3. The number of hydrogen-bond acceptors (Lipinski definition) is 3. The molecule has 0 radical (unpaired) electrons. The first-order valence-corrected chi connectivity index (χ1v) is 6.42. The Morgan fingerprint density at radius 1 is 1.47 bits per heavy atom. The molecule has 1 heterocycles. The Bertz CT molecular complexity index is 302. The SMILES string of the molecule is C=C(O)[C@@H](C)O[C@H]1CCC(C)(C)N(Cl)C1(C)C. The van der Waals surface area contributed by atoms with Crippen LogP contribution in [0.5, 0.6) is 0 Å². The van der Waals surface area contributed by atoms with Gasteiger partial charge in [0, 0.05) is 5.54 Å². The van der Waals surface area contributed by atoms with E-state index in [9.17, 15) is 5.11 Å². The van der Waals surface area contributed by atoms with Crippen LogP contribution >= 0.6 is 11.8 Å². The van der Waals surface area contributed by atoms with Crippen LogP contribution in [0.1, 0.15) is 47.5 Å². The van der Waals surface area contributed by atoms with Crippen molar-refractivity contribution in [3.8, 4) is 0 Å². The second-order valence-electron chi connectivity index (χ2n) is 6.04. The smallest absolute Gasteiger partial charge is 0.114 e. The second-order valence-corrected chi connectivity index (χ2v) is 6.38. The zero-order valence-corrected chi connectivity index (χ0v) is 12.2. The van der Waals surface area contributed by atoms with Crippen molar-refractivity contribution in [3.63, 3.8) is 0 Å². The summed E-state index contributed by atoms with van der Waals surface area (Å²) in [4.78, 5) is 0. The van der Waals surface area contributed by atoms with Crippen LogP contribution in [0.2, 0.25) is 0 Å². The van der Waals surface area contributed by atoms with Gasteiger partial charge in [0.15, 0.2) is 0 Å². The largest absolute Gasteiger partial charge is 0.510 e. The predicted molar refractivity (Wildman–Crippen MR) is 71.2 cm³/mol. The summed E-state index contributed by atoms with van der Waals surface area (Å²) >= 11 is 6.43. The van der Waals surface area contributed by atoms with Gasteiger partial charge in [-0.05, 0) is 59.2 Å². The van der Waals surface area contributed by atoms with E-state index in [0.29, 0.717) is 0 Å². The molecule has 17 heavy (non-hydrogen) atoms. The highest BCUT2D eigenvalue weighted by Crippen LogP contribution is 2.41. The summed E-state index contributed by atoms with van der Waals surface area (Å²) in [5, 5.41) is 9.32. The van der Waals surface area contributed by atoms with E-state index in [2.05, 4.69) is 34.3 Å². The van der Waals surface area contributed by atoms with Crippen molar-refractivity contribution >= 4 is 11.8 Å². The monoisotopic (exact) mass is 261 g/mol. The first-order valence-electron chi connectivity index (χ1n) is 6.08. The summed E-state index contributed by atoms with van der Waals surface area (Å²) in [5.41, 5.74) is -0.308. The molecule has 1 aliphatic rings. The molecule has 4 heteroatoms. The molecule has 0 aliphatic carbocycles. The maximum atomic E-state index is 9.32. The van der Waals surface area contributed by atoms with Crippen LogP contribution < -0.4 is 0 Å². The predicted octanol–water partition coefficient (Wildman–Crippen LogP) is 3.64. The quantitative estimate of drug-likeness (QED) is 0.622. The number of ether oxygens (including phenoxy) is 1. The fourth-order valence-electron chi connectivity index (χ4n) is 2.40. The average molecular weight is 262 g/mol. The highest BCUT2D eigenvalue weighted by Gasteiger charge is 2.47. The summed E-state index contributed by atoms with van der Waals surface area (Å²) in [6, 6.07) is 0. The zero-order chi connectivity index (χ0) is 13.4. The van der Waals surface area contributed by atoms with Crippen molar-refractivity contribution in [2.75, 3.05) is 0 Å². The molecule has 0 aromatic carbocycles. The third kappa shape index (κ3) is 2.95. The molecule has 0 aromatic heterocycles. The lowest BCUT2D eigenvalue weighted by Gasteiger charge is -2.52. The highest BCUT2D eigenvalue weighted by atomic mass is 35.5. The third-order valence-electron chi connectivity index (χ3n) is 3.68. The minimum Gasteiger partial charge on any atom is -0.510 e. The minimum absolute atomic E-state index is 0.00748. The maximum absolute atomic E-state index is 9.32. The number of aliphatic hydroxyl groups excluding tert-OH is 1. The van der Waals surface area contributed by atoms with Crippen LogP contribution in [0.15, 0.2) is 12.3 Å². The van der Waals surface area contributed by atoms with Gasteiger partial charge in [-0.25, -0.2) is 4.42 Å². The molecule has 0 spiro atoms. The van der Waals surface area contributed by atoms with E-state index < -0.39 is 0 Å².